The molecule has 0 heterocycles. The summed E-state index contributed by atoms with van der Waals surface area (Å²) in [7, 11) is 1.62. The molecular weight excluding hydrogens is 232 g/mol. The average Bonchev–Trinajstić information content (AvgIpc) is 2.09. The van der Waals surface area contributed by atoms with E-state index < -0.39 is 5.79 Å². The van der Waals surface area contributed by atoms with Crippen molar-refractivity contribution in [2.45, 2.75) is 19.6 Å². The molecule has 0 bridgehead atoms. The first-order valence-corrected chi connectivity index (χ1v) is 4.82. The predicted octanol–water partition coefficient (Wildman–Crippen LogP) is 3.21. The Bertz CT molecular complexity index is 267. The van der Waals surface area contributed by atoms with Gasteiger partial charge in [-0.1, -0.05) is 15.9 Å². The van der Waals surface area contributed by atoms with Crippen molar-refractivity contribution in [1.82, 2.24) is 0 Å². The lowest BCUT2D eigenvalue weighted by Gasteiger charge is -2.24. The molecule has 0 aliphatic heterocycles. The largest absolute Gasteiger partial charge is 0.463 e. The van der Waals surface area contributed by atoms with E-state index in [1.54, 1.807) is 7.11 Å². The van der Waals surface area contributed by atoms with Crippen LogP contribution in [0.5, 0.6) is 5.75 Å². The normalized spacial score (nSPS) is 11.4. The van der Waals surface area contributed by atoms with Gasteiger partial charge >= 0.3 is 0 Å². The highest BCUT2D eigenvalue weighted by Gasteiger charge is 2.17. The summed E-state index contributed by atoms with van der Waals surface area (Å²) in [5.41, 5.74) is 0. The fraction of sp³-hybridized carbons (Fsp3) is 0.400. The van der Waals surface area contributed by atoms with Crippen LogP contribution < -0.4 is 4.74 Å². The molecule has 0 aromatic heterocycles. The van der Waals surface area contributed by atoms with Gasteiger partial charge < -0.3 is 9.47 Å². The van der Waals surface area contributed by atoms with Crippen LogP contribution in [0.1, 0.15) is 13.8 Å². The molecule has 0 aliphatic carbocycles. The second-order valence-corrected chi connectivity index (χ2v) is 4.08. The van der Waals surface area contributed by atoms with Crippen molar-refractivity contribution in [1.29, 1.82) is 0 Å². The van der Waals surface area contributed by atoms with Gasteiger partial charge in [0.1, 0.15) is 5.75 Å². The second-order valence-electron chi connectivity index (χ2n) is 3.16. The summed E-state index contributed by atoms with van der Waals surface area (Å²) < 4.78 is 11.7. The van der Waals surface area contributed by atoms with Gasteiger partial charge in [-0.15, -0.1) is 0 Å². The molecule has 0 N–H and O–H groups in total. The quantitative estimate of drug-likeness (QED) is 0.761. The third-order valence-electron chi connectivity index (χ3n) is 1.67. The van der Waals surface area contributed by atoms with Crippen molar-refractivity contribution in [3.8, 4) is 5.75 Å². The van der Waals surface area contributed by atoms with Gasteiger partial charge in [-0.25, -0.2) is 0 Å². The van der Waals surface area contributed by atoms with E-state index >= 15 is 0 Å². The average molecular weight is 245 g/mol. The molecule has 0 unspecified atom stereocenters. The first-order chi connectivity index (χ1) is 6.03. The molecule has 1 aromatic rings. The van der Waals surface area contributed by atoms with E-state index in [2.05, 4.69) is 15.9 Å². The Labute approximate surface area is 87.0 Å². The molecule has 13 heavy (non-hydrogen) atoms. The molecule has 3 heteroatoms. The fourth-order valence-corrected chi connectivity index (χ4v) is 1.09. The zero-order chi connectivity index (χ0) is 9.90. The molecule has 0 aliphatic rings. The number of hydrogen-bond acceptors (Lipinski definition) is 2. The van der Waals surface area contributed by atoms with Crippen LogP contribution in [-0.2, 0) is 4.74 Å². The van der Waals surface area contributed by atoms with Gasteiger partial charge in [0, 0.05) is 25.4 Å². The number of rotatable bonds is 3. The summed E-state index contributed by atoms with van der Waals surface area (Å²) in [6.07, 6.45) is 0. The van der Waals surface area contributed by atoms with Crippen molar-refractivity contribution in [3.63, 3.8) is 0 Å². The lowest BCUT2D eigenvalue weighted by Crippen LogP contribution is -2.30. The van der Waals surface area contributed by atoms with Gasteiger partial charge in [-0.3, -0.25) is 0 Å². The molecule has 0 spiro atoms. The zero-order valence-electron chi connectivity index (χ0n) is 8.00. The zero-order valence-corrected chi connectivity index (χ0v) is 9.59. The molecule has 1 aromatic carbocycles. The molecule has 0 fully saturated rings. The summed E-state index contributed by atoms with van der Waals surface area (Å²) in [4.78, 5) is 0. The van der Waals surface area contributed by atoms with Crippen molar-refractivity contribution in [2.24, 2.45) is 0 Å². The SMILES string of the molecule is COC(C)(C)Oc1ccc(Br)cc1. The molecule has 0 amide bonds. The highest BCUT2D eigenvalue weighted by Crippen LogP contribution is 2.21. The van der Waals surface area contributed by atoms with E-state index in [-0.39, 0.29) is 0 Å². The van der Waals surface area contributed by atoms with E-state index in [0.29, 0.717) is 0 Å². The molecule has 72 valence electrons. The maximum absolute atomic E-state index is 5.56. The van der Waals surface area contributed by atoms with E-state index in [1.807, 2.05) is 38.1 Å². The summed E-state index contributed by atoms with van der Waals surface area (Å²) in [5.74, 6) is 0.225. The lowest BCUT2D eigenvalue weighted by atomic mass is 10.3. The van der Waals surface area contributed by atoms with Crippen molar-refractivity contribution in [2.75, 3.05) is 7.11 Å². The molecule has 0 saturated heterocycles. The standard InChI is InChI=1S/C10H13BrO2/c1-10(2,12-3)13-9-6-4-8(11)5-7-9/h4-7H,1-3H3. The molecule has 0 radical (unpaired) electrons. The topological polar surface area (TPSA) is 18.5 Å². The van der Waals surface area contributed by atoms with E-state index in [0.717, 1.165) is 10.2 Å². The Kier molecular flexibility index (Phi) is 3.33. The number of halogens is 1. The Hall–Kier alpha value is -0.540. The minimum absolute atomic E-state index is 0.576. The minimum atomic E-state index is -0.576. The Balaban J connectivity index is 2.69. The smallest absolute Gasteiger partial charge is 0.204 e. The van der Waals surface area contributed by atoms with Crippen LogP contribution in [0.15, 0.2) is 28.7 Å². The number of benzene rings is 1. The predicted molar refractivity (Wildman–Crippen MR) is 55.9 cm³/mol. The molecule has 1 rings (SSSR count). The van der Waals surface area contributed by atoms with Gasteiger partial charge in [0.15, 0.2) is 0 Å². The van der Waals surface area contributed by atoms with E-state index in [1.165, 1.54) is 0 Å². The molecular formula is C10H13BrO2. The van der Waals surface area contributed by atoms with Gasteiger partial charge in [0.05, 0.1) is 0 Å². The molecule has 0 saturated carbocycles. The number of ether oxygens (including phenoxy) is 2. The van der Waals surface area contributed by atoms with Crippen LogP contribution in [0.4, 0.5) is 0 Å². The van der Waals surface area contributed by atoms with Crippen molar-refractivity contribution < 1.29 is 9.47 Å². The highest BCUT2D eigenvalue weighted by atomic mass is 79.9. The maximum Gasteiger partial charge on any atom is 0.204 e. The Morgan fingerprint density at radius 2 is 1.69 bits per heavy atom. The monoisotopic (exact) mass is 244 g/mol. The third kappa shape index (κ3) is 3.36. The van der Waals surface area contributed by atoms with Crippen LogP contribution in [-0.4, -0.2) is 12.9 Å². The lowest BCUT2D eigenvalue weighted by molar-refractivity contribution is -0.134. The molecule has 2 nitrogen and oxygen atoms in total. The first-order valence-electron chi connectivity index (χ1n) is 4.03. The van der Waals surface area contributed by atoms with Gasteiger partial charge in [-0.05, 0) is 24.3 Å². The van der Waals surface area contributed by atoms with Gasteiger partial charge in [0.25, 0.3) is 0 Å². The third-order valence-corrected chi connectivity index (χ3v) is 2.20. The summed E-state index contributed by atoms with van der Waals surface area (Å²) in [6, 6.07) is 7.65. The van der Waals surface area contributed by atoms with Crippen LogP contribution in [0.2, 0.25) is 0 Å². The number of hydrogen-bond donors (Lipinski definition) is 0. The van der Waals surface area contributed by atoms with Crippen LogP contribution in [0.3, 0.4) is 0 Å². The minimum Gasteiger partial charge on any atom is -0.463 e. The van der Waals surface area contributed by atoms with Gasteiger partial charge in [0.2, 0.25) is 5.79 Å². The van der Waals surface area contributed by atoms with Crippen molar-refractivity contribution in [3.05, 3.63) is 28.7 Å². The second kappa shape index (κ2) is 4.11. The maximum atomic E-state index is 5.56. The van der Waals surface area contributed by atoms with Crippen LogP contribution in [0, 0.1) is 0 Å². The Morgan fingerprint density at radius 1 is 1.15 bits per heavy atom. The Morgan fingerprint density at radius 3 is 2.15 bits per heavy atom. The van der Waals surface area contributed by atoms with Crippen LogP contribution >= 0.6 is 15.9 Å². The summed E-state index contributed by atoms with van der Waals surface area (Å²) in [6.45, 7) is 3.74. The highest BCUT2D eigenvalue weighted by molar-refractivity contribution is 9.10. The van der Waals surface area contributed by atoms with Crippen molar-refractivity contribution >= 4 is 15.9 Å². The molecule has 0 atom stereocenters. The number of methoxy groups -OCH3 is 1. The first kappa shape index (κ1) is 10.5. The van der Waals surface area contributed by atoms with Crippen LogP contribution in [0.25, 0.3) is 0 Å². The summed E-state index contributed by atoms with van der Waals surface area (Å²) >= 11 is 3.36. The van der Waals surface area contributed by atoms with E-state index in [9.17, 15) is 0 Å². The fourth-order valence-electron chi connectivity index (χ4n) is 0.828. The van der Waals surface area contributed by atoms with Gasteiger partial charge in [-0.2, -0.15) is 0 Å². The van der Waals surface area contributed by atoms with E-state index in [4.69, 9.17) is 9.47 Å². The summed E-state index contributed by atoms with van der Waals surface area (Å²) in [5, 5.41) is 0.